The van der Waals surface area contributed by atoms with Crippen molar-refractivity contribution < 1.29 is 0 Å². The standard InChI is InChI=1S/CH2N4S.ClH/c2-1-3-4-5-6-1;/h(H2,2,3,5);1H. The van der Waals surface area contributed by atoms with Gasteiger partial charge in [0, 0.05) is 11.5 Å². The van der Waals surface area contributed by atoms with Crippen LogP contribution in [0.15, 0.2) is 0 Å². The fraction of sp³-hybridized carbons (Fsp3) is 0. The summed E-state index contributed by atoms with van der Waals surface area (Å²) in [5, 5.41) is 6.98. The fourth-order valence-corrected chi connectivity index (χ4v) is 0.370. The molecule has 0 saturated heterocycles. The summed E-state index contributed by atoms with van der Waals surface area (Å²) in [6, 6.07) is 0. The molecular weight excluding hydrogens is 136 g/mol. The number of halogens is 1. The Morgan fingerprint density at radius 2 is 2.29 bits per heavy atom. The first kappa shape index (κ1) is 6.58. The molecule has 2 N–H and O–H groups in total. The Balaban J connectivity index is 0.000000360. The predicted molar refractivity (Wildman–Crippen MR) is 29.4 cm³/mol. The minimum atomic E-state index is 0. The van der Waals surface area contributed by atoms with Crippen LogP contribution < -0.4 is 5.73 Å². The predicted octanol–water partition coefficient (Wildman–Crippen LogP) is -0.0629. The molecule has 0 spiro atoms. The number of nitrogen functional groups attached to an aromatic ring is 1. The molecule has 0 aliphatic carbocycles. The van der Waals surface area contributed by atoms with Gasteiger partial charge in [-0.3, -0.25) is 0 Å². The molecule has 0 radical (unpaired) electrons. The number of rotatable bonds is 0. The third-order valence-electron chi connectivity index (χ3n) is 0.314. The zero-order valence-electron chi connectivity index (χ0n) is 3.24. The van der Waals surface area contributed by atoms with Gasteiger partial charge in [-0.2, -0.15) is 0 Å². The van der Waals surface area contributed by atoms with Gasteiger partial charge in [0.05, 0.1) is 0 Å². The van der Waals surface area contributed by atoms with Gasteiger partial charge >= 0.3 is 0 Å². The molecule has 1 rings (SSSR count). The van der Waals surface area contributed by atoms with E-state index in [0.717, 1.165) is 11.5 Å². The summed E-state index contributed by atoms with van der Waals surface area (Å²) in [6.07, 6.45) is 0. The maximum atomic E-state index is 5.06. The van der Waals surface area contributed by atoms with E-state index in [1.54, 1.807) is 0 Å². The van der Waals surface area contributed by atoms with E-state index in [-0.39, 0.29) is 12.4 Å². The minimum Gasteiger partial charge on any atom is -0.372 e. The van der Waals surface area contributed by atoms with E-state index in [9.17, 15) is 0 Å². The van der Waals surface area contributed by atoms with Crippen LogP contribution in [0.1, 0.15) is 0 Å². The summed E-state index contributed by atoms with van der Waals surface area (Å²) in [4.78, 5) is 0. The normalized spacial score (nSPS) is 7.43. The molecule has 1 aromatic rings. The Labute approximate surface area is 50.3 Å². The van der Waals surface area contributed by atoms with Crippen molar-refractivity contribution in [2.24, 2.45) is 0 Å². The average molecular weight is 139 g/mol. The second kappa shape index (κ2) is 2.70. The molecule has 4 nitrogen and oxygen atoms in total. The van der Waals surface area contributed by atoms with Crippen molar-refractivity contribution in [1.82, 2.24) is 14.8 Å². The van der Waals surface area contributed by atoms with Crippen LogP contribution in [0.5, 0.6) is 0 Å². The third kappa shape index (κ3) is 1.65. The van der Waals surface area contributed by atoms with E-state index in [0.29, 0.717) is 5.13 Å². The molecule has 0 amide bonds. The molecule has 1 aromatic heterocycles. The highest BCUT2D eigenvalue weighted by Gasteiger charge is 1.80. The summed E-state index contributed by atoms with van der Waals surface area (Å²) >= 11 is 1.08. The summed E-state index contributed by atoms with van der Waals surface area (Å²) in [5.74, 6) is 0. The van der Waals surface area contributed by atoms with E-state index in [1.807, 2.05) is 0 Å². The molecule has 0 aromatic carbocycles. The number of hydrogen-bond acceptors (Lipinski definition) is 5. The number of nitrogens with two attached hydrogens (primary N) is 1. The Kier molecular flexibility index (Phi) is 2.54. The lowest BCUT2D eigenvalue weighted by Crippen LogP contribution is -1.79. The molecule has 0 unspecified atom stereocenters. The molecule has 0 fully saturated rings. The molecule has 40 valence electrons. The monoisotopic (exact) mass is 138 g/mol. The topological polar surface area (TPSA) is 64.7 Å². The van der Waals surface area contributed by atoms with Crippen molar-refractivity contribution in [1.29, 1.82) is 0 Å². The summed E-state index contributed by atoms with van der Waals surface area (Å²) < 4.78 is 3.38. The Morgan fingerprint density at radius 1 is 1.57 bits per heavy atom. The largest absolute Gasteiger partial charge is 0.372 e. The van der Waals surface area contributed by atoms with Crippen LogP contribution in [0.3, 0.4) is 0 Å². The summed E-state index contributed by atoms with van der Waals surface area (Å²) in [6.45, 7) is 0. The van der Waals surface area contributed by atoms with Crippen molar-refractivity contribution in [2.45, 2.75) is 0 Å². The first-order chi connectivity index (χ1) is 2.89. The Hall–Kier alpha value is -0.420. The molecule has 0 saturated carbocycles. The second-order valence-electron chi connectivity index (χ2n) is 0.701. The summed E-state index contributed by atoms with van der Waals surface area (Å²) in [5.41, 5.74) is 5.06. The van der Waals surface area contributed by atoms with Crippen LogP contribution in [-0.2, 0) is 0 Å². The maximum Gasteiger partial charge on any atom is 0.222 e. The molecule has 7 heavy (non-hydrogen) atoms. The van der Waals surface area contributed by atoms with Crippen molar-refractivity contribution in [3.63, 3.8) is 0 Å². The highest BCUT2D eigenvalue weighted by molar-refractivity contribution is 7.09. The zero-order valence-corrected chi connectivity index (χ0v) is 4.87. The van der Waals surface area contributed by atoms with Crippen molar-refractivity contribution in [3.8, 4) is 0 Å². The first-order valence-electron chi connectivity index (χ1n) is 1.30. The van der Waals surface area contributed by atoms with E-state index in [2.05, 4.69) is 14.8 Å². The molecular formula is CH3ClN4S. The van der Waals surface area contributed by atoms with Crippen LogP contribution in [0.2, 0.25) is 0 Å². The third-order valence-corrected chi connectivity index (χ3v) is 0.738. The van der Waals surface area contributed by atoms with Crippen LogP contribution >= 0.6 is 23.9 Å². The van der Waals surface area contributed by atoms with Gasteiger partial charge in [-0.25, -0.2) is 0 Å². The molecule has 0 bridgehead atoms. The SMILES string of the molecule is Cl.Nc1nnns1. The maximum absolute atomic E-state index is 5.06. The molecule has 0 atom stereocenters. The minimum absolute atomic E-state index is 0. The Morgan fingerprint density at radius 3 is 2.43 bits per heavy atom. The van der Waals surface area contributed by atoms with Crippen molar-refractivity contribution in [3.05, 3.63) is 0 Å². The number of anilines is 1. The van der Waals surface area contributed by atoms with Gasteiger partial charge in [0.25, 0.3) is 0 Å². The van der Waals surface area contributed by atoms with E-state index < -0.39 is 0 Å². The lowest BCUT2D eigenvalue weighted by molar-refractivity contribution is 0.963. The molecule has 6 heteroatoms. The lowest BCUT2D eigenvalue weighted by Gasteiger charge is -1.61. The highest BCUT2D eigenvalue weighted by atomic mass is 35.5. The highest BCUT2D eigenvalue weighted by Crippen LogP contribution is 1.93. The number of aromatic nitrogens is 3. The smallest absolute Gasteiger partial charge is 0.222 e. The van der Waals surface area contributed by atoms with E-state index in [4.69, 9.17) is 5.73 Å². The molecule has 1 heterocycles. The number of nitrogens with zero attached hydrogens (tertiary/aromatic N) is 3. The van der Waals surface area contributed by atoms with Gasteiger partial charge < -0.3 is 5.73 Å². The second-order valence-corrected chi connectivity index (χ2v) is 1.46. The van der Waals surface area contributed by atoms with Gasteiger partial charge in [0.1, 0.15) is 0 Å². The average Bonchev–Trinajstić information content (AvgIpc) is 1.86. The van der Waals surface area contributed by atoms with Crippen LogP contribution in [0.25, 0.3) is 0 Å². The Bertz CT molecular complexity index is 115. The van der Waals surface area contributed by atoms with E-state index in [1.165, 1.54) is 0 Å². The van der Waals surface area contributed by atoms with Crippen molar-refractivity contribution >= 4 is 29.1 Å². The van der Waals surface area contributed by atoms with E-state index >= 15 is 0 Å². The molecule has 0 aliphatic rings. The zero-order chi connectivity index (χ0) is 4.41. The van der Waals surface area contributed by atoms with Crippen LogP contribution in [-0.4, -0.2) is 14.8 Å². The lowest BCUT2D eigenvalue weighted by atomic mass is 11.3. The quantitative estimate of drug-likeness (QED) is 0.546. The molecule has 0 aliphatic heterocycles. The van der Waals surface area contributed by atoms with Gasteiger partial charge in [0.15, 0.2) is 0 Å². The van der Waals surface area contributed by atoms with Gasteiger partial charge in [0.2, 0.25) is 5.13 Å². The van der Waals surface area contributed by atoms with Gasteiger partial charge in [-0.15, -0.1) is 12.4 Å². The van der Waals surface area contributed by atoms with Gasteiger partial charge in [-0.05, 0) is 5.21 Å². The van der Waals surface area contributed by atoms with Crippen LogP contribution in [0, 0.1) is 0 Å². The summed E-state index contributed by atoms with van der Waals surface area (Å²) in [7, 11) is 0. The van der Waals surface area contributed by atoms with Crippen LogP contribution in [0.4, 0.5) is 5.13 Å². The fourth-order valence-electron chi connectivity index (χ4n) is 0.141. The first-order valence-corrected chi connectivity index (χ1v) is 2.07. The van der Waals surface area contributed by atoms with Crippen molar-refractivity contribution in [2.75, 3.05) is 5.73 Å². The number of hydrogen-bond donors (Lipinski definition) is 1. The van der Waals surface area contributed by atoms with Gasteiger partial charge in [-0.1, -0.05) is 9.59 Å².